The van der Waals surface area contributed by atoms with E-state index in [2.05, 4.69) is 44.6 Å². The van der Waals surface area contributed by atoms with Crippen LogP contribution in [0.25, 0.3) is 0 Å². The number of hydrogen-bond donors (Lipinski definition) is 1. The smallest absolute Gasteiger partial charge is 0.341 e. The zero-order valence-corrected chi connectivity index (χ0v) is 16.3. The van der Waals surface area contributed by atoms with Crippen LogP contribution in [0.3, 0.4) is 0 Å². The molecule has 3 rings (SSSR count). The van der Waals surface area contributed by atoms with Crippen molar-refractivity contribution in [2.45, 2.75) is 0 Å². The first kappa shape index (κ1) is 18.7. The maximum Gasteiger partial charge on any atom is 0.341 e. The maximum absolute atomic E-state index is 10.6. The van der Waals surface area contributed by atoms with Gasteiger partial charge in [-0.1, -0.05) is 0 Å². The van der Waals surface area contributed by atoms with Gasteiger partial charge in [-0.05, 0) is 70.6 Å². The highest BCUT2D eigenvalue weighted by atomic mass is 127. The molecule has 1 aliphatic heterocycles. The number of hydrogen-bond acceptors (Lipinski definition) is 5. The molecule has 2 aromatic carbocycles. The fourth-order valence-electron chi connectivity index (χ4n) is 2.57. The second-order valence-electron chi connectivity index (χ2n) is 5.75. The second-order valence-corrected chi connectivity index (χ2v) is 6.91. The van der Waals surface area contributed by atoms with E-state index in [9.17, 15) is 4.79 Å². The largest absolute Gasteiger partial charge is 0.481 e. The normalized spacial score (nSPS) is 14.6. The molecule has 0 aromatic heterocycles. The van der Waals surface area contributed by atoms with E-state index in [4.69, 9.17) is 14.6 Å². The fraction of sp³-hybridized carbons (Fsp3) is 0.263. The van der Waals surface area contributed by atoms with Crippen LogP contribution in [0.4, 0.5) is 11.4 Å². The second kappa shape index (κ2) is 9.00. The van der Waals surface area contributed by atoms with Crippen LogP contribution in [-0.4, -0.2) is 50.2 Å². The summed E-state index contributed by atoms with van der Waals surface area (Å²) in [6.45, 7) is 3.02. The van der Waals surface area contributed by atoms with Gasteiger partial charge in [0, 0.05) is 25.0 Å². The molecule has 26 heavy (non-hydrogen) atoms. The topological polar surface area (TPSA) is 71.4 Å². The van der Waals surface area contributed by atoms with Crippen molar-refractivity contribution >= 4 is 46.1 Å². The third-order valence-corrected chi connectivity index (χ3v) is 4.74. The van der Waals surface area contributed by atoms with Gasteiger partial charge in [-0.25, -0.2) is 4.79 Å². The molecule has 7 heteroatoms. The molecule has 1 N–H and O–H groups in total. The molecule has 1 aliphatic rings. The lowest BCUT2D eigenvalue weighted by atomic mass is 10.2. The van der Waals surface area contributed by atoms with Crippen molar-refractivity contribution in [1.82, 2.24) is 0 Å². The number of aliphatic carboxylic acids is 1. The predicted molar refractivity (Wildman–Crippen MR) is 109 cm³/mol. The summed E-state index contributed by atoms with van der Waals surface area (Å²) in [6, 6.07) is 13.7. The van der Waals surface area contributed by atoms with E-state index in [0.29, 0.717) is 5.75 Å². The van der Waals surface area contributed by atoms with Crippen LogP contribution in [0.15, 0.2) is 47.5 Å². The highest BCUT2D eigenvalue weighted by molar-refractivity contribution is 14.1. The van der Waals surface area contributed by atoms with Crippen molar-refractivity contribution in [3.05, 3.63) is 51.6 Å². The van der Waals surface area contributed by atoms with Crippen LogP contribution in [-0.2, 0) is 9.53 Å². The number of rotatable bonds is 6. The monoisotopic (exact) mass is 466 g/mol. The molecule has 0 unspecified atom stereocenters. The first-order chi connectivity index (χ1) is 12.6. The van der Waals surface area contributed by atoms with E-state index >= 15 is 0 Å². The van der Waals surface area contributed by atoms with Gasteiger partial charge in [-0.3, -0.25) is 4.99 Å². The quantitative estimate of drug-likeness (QED) is 0.523. The van der Waals surface area contributed by atoms with Crippen molar-refractivity contribution in [1.29, 1.82) is 0 Å². The standard InChI is InChI=1S/C19H19IN2O4/c20-17-11-14(1-6-18(17)26-13-19(23)24)12-21-15-2-4-16(5-3-15)22-7-9-25-10-8-22/h1-6,11-12H,7-10,13H2,(H,23,24). The Hall–Kier alpha value is -2.13. The first-order valence-corrected chi connectivity index (χ1v) is 9.31. The summed E-state index contributed by atoms with van der Waals surface area (Å²) >= 11 is 2.12. The molecule has 0 aliphatic carbocycles. The molecular weight excluding hydrogens is 447 g/mol. The van der Waals surface area contributed by atoms with Crippen molar-refractivity contribution in [2.75, 3.05) is 37.8 Å². The lowest BCUT2D eigenvalue weighted by Crippen LogP contribution is -2.36. The molecule has 6 nitrogen and oxygen atoms in total. The number of carboxylic acids is 1. The minimum atomic E-state index is -0.994. The van der Waals surface area contributed by atoms with Gasteiger partial charge in [-0.15, -0.1) is 0 Å². The third kappa shape index (κ3) is 5.18. The molecule has 0 spiro atoms. The highest BCUT2D eigenvalue weighted by Gasteiger charge is 2.10. The number of carboxylic acid groups (broad SMARTS) is 1. The predicted octanol–water partition coefficient (Wildman–Crippen LogP) is 3.34. The molecule has 0 amide bonds. The molecule has 0 atom stereocenters. The SMILES string of the molecule is O=C(O)COc1ccc(C=Nc2ccc(N3CCOCC3)cc2)cc1I. The van der Waals surface area contributed by atoms with Crippen LogP contribution in [0.2, 0.25) is 0 Å². The average molecular weight is 466 g/mol. The van der Waals surface area contributed by atoms with Gasteiger partial charge < -0.3 is 19.5 Å². The van der Waals surface area contributed by atoms with Crippen LogP contribution in [0.1, 0.15) is 5.56 Å². The summed E-state index contributed by atoms with van der Waals surface area (Å²) in [6.07, 6.45) is 1.78. The number of benzene rings is 2. The van der Waals surface area contributed by atoms with E-state index in [1.807, 2.05) is 24.3 Å². The van der Waals surface area contributed by atoms with Crippen LogP contribution >= 0.6 is 22.6 Å². The summed E-state index contributed by atoms with van der Waals surface area (Å²) in [4.78, 5) is 17.4. The van der Waals surface area contributed by atoms with Gasteiger partial charge in [0.15, 0.2) is 6.61 Å². The summed E-state index contributed by atoms with van der Waals surface area (Å²) < 4.78 is 11.4. The summed E-state index contributed by atoms with van der Waals surface area (Å²) in [5.74, 6) is -0.438. The highest BCUT2D eigenvalue weighted by Crippen LogP contribution is 2.23. The molecule has 1 heterocycles. The first-order valence-electron chi connectivity index (χ1n) is 8.23. The zero-order valence-electron chi connectivity index (χ0n) is 14.1. The molecule has 0 saturated carbocycles. The number of anilines is 1. The van der Waals surface area contributed by atoms with Crippen molar-refractivity contribution < 1.29 is 19.4 Å². The Balaban J connectivity index is 1.63. The van der Waals surface area contributed by atoms with Crippen LogP contribution < -0.4 is 9.64 Å². The summed E-state index contributed by atoms with van der Waals surface area (Å²) in [7, 11) is 0. The van der Waals surface area contributed by atoms with Crippen LogP contribution in [0.5, 0.6) is 5.75 Å². The average Bonchev–Trinajstić information content (AvgIpc) is 2.66. The lowest BCUT2D eigenvalue weighted by Gasteiger charge is -2.28. The van der Waals surface area contributed by atoms with Gasteiger partial charge in [0.05, 0.1) is 22.5 Å². The number of halogens is 1. The maximum atomic E-state index is 10.6. The molecular formula is C19H19IN2O4. The molecule has 136 valence electrons. The van der Waals surface area contributed by atoms with E-state index in [-0.39, 0.29) is 6.61 Å². The number of carbonyl (C=O) groups is 1. The van der Waals surface area contributed by atoms with E-state index in [0.717, 1.165) is 41.1 Å². The van der Waals surface area contributed by atoms with Gasteiger partial charge in [0.25, 0.3) is 0 Å². The Kier molecular flexibility index (Phi) is 6.45. The van der Waals surface area contributed by atoms with E-state index < -0.39 is 5.97 Å². The number of ether oxygens (including phenoxy) is 2. The molecule has 2 aromatic rings. The van der Waals surface area contributed by atoms with Crippen molar-refractivity contribution in [3.8, 4) is 5.75 Å². The van der Waals surface area contributed by atoms with Gasteiger partial charge in [0.1, 0.15) is 5.75 Å². The zero-order chi connectivity index (χ0) is 18.4. The molecule has 1 saturated heterocycles. The van der Waals surface area contributed by atoms with Gasteiger partial charge >= 0.3 is 5.97 Å². The Morgan fingerprint density at radius 3 is 2.62 bits per heavy atom. The lowest BCUT2D eigenvalue weighted by molar-refractivity contribution is -0.139. The minimum absolute atomic E-state index is 0.348. The number of aliphatic imine (C=N–C) groups is 1. The van der Waals surface area contributed by atoms with Crippen molar-refractivity contribution in [3.63, 3.8) is 0 Å². The number of morpholine rings is 1. The Morgan fingerprint density at radius 1 is 1.23 bits per heavy atom. The van der Waals surface area contributed by atoms with Crippen molar-refractivity contribution in [2.24, 2.45) is 4.99 Å². The van der Waals surface area contributed by atoms with Gasteiger partial charge in [0.2, 0.25) is 0 Å². The Morgan fingerprint density at radius 2 is 1.96 bits per heavy atom. The summed E-state index contributed by atoms with van der Waals surface area (Å²) in [5.41, 5.74) is 2.99. The molecule has 0 bridgehead atoms. The number of nitrogens with zero attached hydrogens (tertiary/aromatic N) is 2. The Labute approximate surface area is 165 Å². The fourth-order valence-corrected chi connectivity index (χ4v) is 3.27. The molecule has 0 radical (unpaired) electrons. The van der Waals surface area contributed by atoms with E-state index in [1.54, 1.807) is 12.3 Å². The summed E-state index contributed by atoms with van der Waals surface area (Å²) in [5, 5.41) is 8.68. The van der Waals surface area contributed by atoms with Gasteiger partial charge in [-0.2, -0.15) is 0 Å². The minimum Gasteiger partial charge on any atom is -0.481 e. The molecule has 1 fully saturated rings. The van der Waals surface area contributed by atoms with E-state index in [1.165, 1.54) is 5.69 Å². The Bertz CT molecular complexity index is 787. The van der Waals surface area contributed by atoms with Crippen LogP contribution in [0, 0.1) is 3.57 Å². The third-order valence-electron chi connectivity index (χ3n) is 3.90.